The van der Waals surface area contributed by atoms with E-state index in [0.717, 1.165) is 0 Å². The lowest BCUT2D eigenvalue weighted by molar-refractivity contribution is -0.139. The number of carboxylic acid groups (broad SMARTS) is 1. The number of carboxylic acids is 1. The third-order valence-electron chi connectivity index (χ3n) is 2.12. The minimum absolute atomic E-state index is 0.402. The maximum absolute atomic E-state index is 11.5. The lowest BCUT2D eigenvalue weighted by Gasteiger charge is -2.14. The van der Waals surface area contributed by atoms with Gasteiger partial charge < -0.3 is 15.7 Å². The van der Waals surface area contributed by atoms with Gasteiger partial charge in [0.1, 0.15) is 6.04 Å². The van der Waals surface area contributed by atoms with Crippen LogP contribution in [0, 0.1) is 0 Å². The number of hydrogen-bond acceptors (Lipinski definition) is 3. The van der Waals surface area contributed by atoms with Crippen molar-refractivity contribution in [3.05, 3.63) is 24.5 Å². The Morgan fingerprint density at radius 3 is 2.59 bits per heavy atom. The van der Waals surface area contributed by atoms with E-state index in [9.17, 15) is 9.59 Å². The Hall–Kier alpha value is -2.11. The fourth-order valence-electron chi connectivity index (χ4n) is 1.31. The van der Waals surface area contributed by atoms with Crippen molar-refractivity contribution in [3.8, 4) is 0 Å². The maximum Gasteiger partial charge on any atom is 0.326 e. The Morgan fingerprint density at radius 2 is 2.06 bits per heavy atom. The zero-order valence-electron chi connectivity index (χ0n) is 9.51. The summed E-state index contributed by atoms with van der Waals surface area (Å²) in [6.07, 6.45) is 4.16. The van der Waals surface area contributed by atoms with Gasteiger partial charge >= 0.3 is 12.0 Å². The van der Waals surface area contributed by atoms with Gasteiger partial charge in [-0.25, -0.2) is 9.59 Å². The number of pyridine rings is 1. The Morgan fingerprint density at radius 1 is 1.41 bits per heavy atom. The molecule has 0 aliphatic carbocycles. The molecule has 0 aromatic carbocycles. The molecule has 92 valence electrons. The van der Waals surface area contributed by atoms with Crippen LogP contribution < -0.4 is 10.6 Å². The van der Waals surface area contributed by atoms with E-state index in [4.69, 9.17) is 5.11 Å². The van der Waals surface area contributed by atoms with Crippen LogP contribution in [0.15, 0.2) is 24.5 Å². The van der Waals surface area contributed by atoms with Gasteiger partial charge in [-0.2, -0.15) is 0 Å². The summed E-state index contributed by atoms with van der Waals surface area (Å²) in [4.78, 5) is 26.1. The van der Waals surface area contributed by atoms with Crippen molar-refractivity contribution in [2.75, 3.05) is 5.32 Å². The molecular weight excluding hydrogens is 222 g/mol. The highest BCUT2D eigenvalue weighted by Gasteiger charge is 2.18. The van der Waals surface area contributed by atoms with Gasteiger partial charge in [0, 0.05) is 18.1 Å². The fourth-order valence-corrected chi connectivity index (χ4v) is 1.31. The molecule has 0 saturated carbocycles. The first-order valence-electron chi connectivity index (χ1n) is 5.33. The van der Waals surface area contributed by atoms with Gasteiger partial charge in [0.2, 0.25) is 0 Å². The quantitative estimate of drug-likeness (QED) is 0.722. The molecule has 1 rings (SSSR count). The van der Waals surface area contributed by atoms with Crippen molar-refractivity contribution in [2.45, 2.75) is 25.8 Å². The predicted octanol–water partition coefficient (Wildman–Crippen LogP) is 1.46. The second-order valence-electron chi connectivity index (χ2n) is 3.51. The molecule has 17 heavy (non-hydrogen) atoms. The highest BCUT2D eigenvalue weighted by Crippen LogP contribution is 2.03. The molecule has 0 saturated heterocycles. The SMILES string of the molecule is CCC[C@H](NC(=O)Nc1ccncc1)C(=O)O. The van der Waals surface area contributed by atoms with Crippen LogP contribution >= 0.6 is 0 Å². The zero-order valence-corrected chi connectivity index (χ0v) is 9.51. The van der Waals surface area contributed by atoms with Crippen LogP contribution in [-0.4, -0.2) is 28.1 Å². The Bertz CT molecular complexity index is 381. The van der Waals surface area contributed by atoms with Gasteiger partial charge in [0.15, 0.2) is 0 Å². The van der Waals surface area contributed by atoms with Gasteiger partial charge in [-0.15, -0.1) is 0 Å². The minimum Gasteiger partial charge on any atom is -0.480 e. The molecule has 6 heteroatoms. The largest absolute Gasteiger partial charge is 0.480 e. The first-order valence-corrected chi connectivity index (χ1v) is 5.33. The van der Waals surface area contributed by atoms with E-state index < -0.39 is 18.0 Å². The standard InChI is InChI=1S/C11H15N3O3/c1-2-3-9(10(15)16)14-11(17)13-8-4-6-12-7-5-8/h4-7,9H,2-3H2,1H3,(H,15,16)(H2,12,13,14,17)/t9-/m0/s1. The first-order chi connectivity index (χ1) is 8.13. The summed E-state index contributed by atoms with van der Waals surface area (Å²) in [6, 6.07) is 1.85. The Kier molecular flexibility index (Phi) is 4.93. The van der Waals surface area contributed by atoms with Crippen LogP contribution in [0.4, 0.5) is 10.5 Å². The van der Waals surface area contributed by atoms with Crippen molar-refractivity contribution in [2.24, 2.45) is 0 Å². The number of aromatic nitrogens is 1. The Labute approximate surface area is 99.1 Å². The van der Waals surface area contributed by atoms with Gasteiger partial charge in [0.25, 0.3) is 0 Å². The molecule has 0 aliphatic rings. The molecule has 0 radical (unpaired) electrons. The molecule has 0 fully saturated rings. The molecule has 1 heterocycles. The van der Waals surface area contributed by atoms with Crippen molar-refractivity contribution < 1.29 is 14.7 Å². The van der Waals surface area contributed by atoms with E-state index in [1.807, 2.05) is 6.92 Å². The second-order valence-corrected chi connectivity index (χ2v) is 3.51. The number of hydrogen-bond donors (Lipinski definition) is 3. The normalized spacial score (nSPS) is 11.6. The van der Waals surface area contributed by atoms with Gasteiger partial charge in [-0.3, -0.25) is 4.98 Å². The van der Waals surface area contributed by atoms with Gasteiger partial charge in [-0.1, -0.05) is 13.3 Å². The molecule has 0 aliphatic heterocycles. The van der Waals surface area contributed by atoms with Crippen LogP contribution in [0.2, 0.25) is 0 Å². The molecular formula is C11H15N3O3. The molecule has 0 unspecified atom stereocenters. The van der Waals surface area contributed by atoms with Crippen LogP contribution in [-0.2, 0) is 4.79 Å². The number of carbonyl (C=O) groups excluding carboxylic acids is 1. The molecule has 1 atom stereocenters. The number of nitrogens with one attached hydrogen (secondary N) is 2. The molecule has 1 aromatic heterocycles. The number of aliphatic carboxylic acids is 1. The number of anilines is 1. The summed E-state index contributed by atoms with van der Waals surface area (Å²) in [6.45, 7) is 1.86. The van der Waals surface area contributed by atoms with Crippen molar-refractivity contribution >= 4 is 17.7 Å². The zero-order chi connectivity index (χ0) is 12.7. The highest BCUT2D eigenvalue weighted by molar-refractivity contribution is 5.92. The summed E-state index contributed by atoms with van der Waals surface area (Å²) in [5.41, 5.74) is 0.568. The van der Waals surface area contributed by atoms with Gasteiger partial charge in [0.05, 0.1) is 0 Å². The lowest BCUT2D eigenvalue weighted by Crippen LogP contribution is -2.42. The summed E-state index contributed by atoms with van der Waals surface area (Å²) in [5, 5.41) is 13.8. The second kappa shape index (κ2) is 6.47. The van der Waals surface area contributed by atoms with Gasteiger partial charge in [-0.05, 0) is 18.6 Å². The van der Waals surface area contributed by atoms with E-state index in [1.165, 1.54) is 12.4 Å². The molecule has 3 N–H and O–H groups in total. The molecule has 0 spiro atoms. The third-order valence-corrected chi connectivity index (χ3v) is 2.12. The topological polar surface area (TPSA) is 91.3 Å². The molecule has 2 amide bonds. The number of nitrogens with zero attached hydrogens (tertiary/aromatic N) is 1. The van der Waals surface area contributed by atoms with E-state index >= 15 is 0 Å². The lowest BCUT2D eigenvalue weighted by atomic mass is 10.2. The van der Waals surface area contributed by atoms with Crippen molar-refractivity contribution in [3.63, 3.8) is 0 Å². The van der Waals surface area contributed by atoms with E-state index in [1.54, 1.807) is 12.1 Å². The first kappa shape index (κ1) is 13.0. The van der Waals surface area contributed by atoms with Crippen LogP contribution in [0.25, 0.3) is 0 Å². The van der Waals surface area contributed by atoms with E-state index in [0.29, 0.717) is 18.5 Å². The Balaban J connectivity index is 2.51. The summed E-state index contributed by atoms with van der Waals surface area (Å²) in [7, 11) is 0. The predicted molar refractivity (Wildman–Crippen MR) is 62.7 cm³/mol. The van der Waals surface area contributed by atoms with Crippen molar-refractivity contribution in [1.82, 2.24) is 10.3 Å². The van der Waals surface area contributed by atoms with Crippen LogP contribution in [0.3, 0.4) is 0 Å². The number of urea groups is 1. The number of carbonyl (C=O) groups is 2. The maximum atomic E-state index is 11.5. The minimum atomic E-state index is -1.03. The third kappa shape index (κ3) is 4.50. The number of rotatable bonds is 5. The average Bonchev–Trinajstić information content (AvgIpc) is 2.29. The fraction of sp³-hybridized carbons (Fsp3) is 0.364. The summed E-state index contributed by atoms with van der Waals surface area (Å²) in [5.74, 6) is -1.03. The van der Waals surface area contributed by atoms with Crippen LogP contribution in [0.5, 0.6) is 0 Å². The summed E-state index contributed by atoms with van der Waals surface area (Å²) >= 11 is 0. The molecule has 0 bridgehead atoms. The average molecular weight is 237 g/mol. The van der Waals surface area contributed by atoms with Crippen LogP contribution in [0.1, 0.15) is 19.8 Å². The molecule has 1 aromatic rings. The van der Waals surface area contributed by atoms with E-state index in [-0.39, 0.29) is 0 Å². The van der Waals surface area contributed by atoms with E-state index in [2.05, 4.69) is 15.6 Å². The smallest absolute Gasteiger partial charge is 0.326 e. The summed E-state index contributed by atoms with van der Waals surface area (Å²) < 4.78 is 0. The molecule has 6 nitrogen and oxygen atoms in total. The number of amides is 2. The van der Waals surface area contributed by atoms with Crippen molar-refractivity contribution in [1.29, 1.82) is 0 Å². The highest BCUT2D eigenvalue weighted by atomic mass is 16.4. The monoisotopic (exact) mass is 237 g/mol.